The molecule has 2 aliphatic heterocycles. The number of aliphatic imine (C=N–C) groups is 1. The molecule has 0 saturated heterocycles. The molecule has 0 aliphatic carbocycles. The van der Waals surface area contributed by atoms with Crippen LogP contribution in [-0.4, -0.2) is 28.6 Å². The highest BCUT2D eigenvalue weighted by atomic mass is 32.1. The van der Waals surface area contributed by atoms with E-state index in [-0.39, 0.29) is 19.2 Å². The van der Waals surface area contributed by atoms with Crippen LogP contribution in [-0.2, 0) is 17.8 Å². The minimum Gasteiger partial charge on any atom is -0.493 e. The Labute approximate surface area is 187 Å². The van der Waals surface area contributed by atoms with Gasteiger partial charge in [-0.25, -0.2) is 0 Å². The third kappa shape index (κ3) is 3.56. The molecule has 2 aliphatic rings. The summed E-state index contributed by atoms with van der Waals surface area (Å²) >= 11 is 0.880. The summed E-state index contributed by atoms with van der Waals surface area (Å²) in [6.07, 6.45) is 4.31. The Morgan fingerprint density at radius 3 is 2.97 bits per heavy atom. The Hall–Kier alpha value is -3.85. The van der Waals surface area contributed by atoms with Gasteiger partial charge in [0, 0.05) is 29.1 Å². The quantitative estimate of drug-likeness (QED) is 0.617. The Morgan fingerprint density at radius 2 is 2.12 bits per heavy atom. The molecule has 162 valence electrons. The molecule has 5 rings (SSSR count). The fraction of sp³-hybridized carbons (Fsp3) is 0.174. The molecule has 0 atom stereocenters. The van der Waals surface area contributed by atoms with Crippen molar-refractivity contribution in [3.05, 3.63) is 62.1 Å². The van der Waals surface area contributed by atoms with Crippen LogP contribution in [0.1, 0.15) is 22.9 Å². The number of aryl methyl sites for hydroxylation is 1. The molecular weight excluding hydrogens is 430 g/mol. The first-order chi connectivity index (χ1) is 15.5. The van der Waals surface area contributed by atoms with Gasteiger partial charge in [0.1, 0.15) is 6.54 Å². The predicted octanol–water partition coefficient (Wildman–Crippen LogP) is 3.80. The molecule has 0 saturated carbocycles. The number of aromatic hydroxyl groups is 1. The van der Waals surface area contributed by atoms with E-state index in [2.05, 4.69) is 17.2 Å². The molecule has 3 aromatic rings. The van der Waals surface area contributed by atoms with E-state index in [9.17, 15) is 14.7 Å². The number of carbonyl (C=O) groups is 1. The summed E-state index contributed by atoms with van der Waals surface area (Å²) in [5.74, 6) is 0.452. The number of thiazole rings is 1. The molecule has 9 heteroatoms. The molecule has 0 spiro atoms. The molecule has 0 bridgehead atoms. The summed E-state index contributed by atoms with van der Waals surface area (Å²) in [6.45, 7) is 1.89. The number of aromatic nitrogens is 1. The van der Waals surface area contributed by atoms with E-state index in [0.717, 1.165) is 44.7 Å². The highest BCUT2D eigenvalue weighted by Gasteiger charge is 2.20. The average Bonchev–Trinajstić information content (AvgIpc) is 3.48. The maximum atomic E-state index is 12.5. The van der Waals surface area contributed by atoms with E-state index in [1.165, 1.54) is 0 Å². The molecule has 0 radical (unpaired) electrons. The number of nitrogens with zero attached hydrogens (tertiary/aromatic N) is 2. The standard InChI is InChI=1S/C23H19N3O5S/c1-2-13-4-3-5-16-14(10-24-21(13)16)8-19-22(28)26(23(29)32-19)11-20(27)25-15-6-7-17-18(9-15)31-12-30-17/h3-10,28H,2,11-12H2,1H3,(H,25,27). The number of amides is 1. The molecule has 2 N–H and O–H groups in total. The molecule has 1 amide bonds. The SMILES string of the molecule is CCc1cccc2c1N=CC2=Cc1sc(=O)n(CC(=O)Nc2ccc3c(c2)OCO3)c1O. The molecule has 0 unspecified atom stereocenters. The first kappa shape index (κ1) is 20.1. The number of allylic oxidation sites excluding steroid dienone is 1. The van der Waals surface area contributed by atoms with Crippen molar-refractivity contribution in [3.8, 4) is 17.4 Å². The van der Waals surface area contributed by atoms with Crippen LogP contribution in [0.4, 0.5) is 11.4 Å². The van der Waals surface area contributed by atoms with Gasteiger partial charge in [-0.3, -0.25) is 19.1 Å². The van der Waals surface area contributed by atoms with Gasteiger partial charge in [-0.15, -0.1) is 0 Å². The Bertz CT molecular complexity index is 1350. The van der Waals surface area contributed by atoms with Crippen LogP contribution in [0.3, 0.4) is 0 Å². The van der Waals surface area contributed by atoms with Crippen LogP contribution in [0.15, 0.2) is 46.2 Å². The van der Waals surface area contributed by atoms with Gasteiger partial charge in [-0.2, -0.15) is 0 Å². The second-order valence-electron chi connectivity index (χ2n) is 7.28. The van der Waals surface area contributed by atoms with Gasteiger partial charge in [0.05, 0.1) is 10.6 Å². The smallest absolute Gasteiger partial charge is 0.311 e. The van der Waals surface area contributed by atoms with Crippen molar-refractivity contribution in [2.75, 3.05) is 12.1 Å². The summed E-state index contributed by atoms with van der Waals surface area (Å²) in [6, 6.07) is 11.0. The van der Waals surface area contributed by atoms with Crippen molar-refractivity contribution in [2.24, 2.45) is 4.99 Å². The second kappa shape index (κ2) is 8.01. The first-order valence-corrected chi connectivity index (χ1v) is 10.8. The van der Waals surface area contributed by atoms with Crippen molar-refractivity contribution in [3.63, 3.8) is 0 Å². The van der Waals surface area contributed by atoms with Crippen LogP contribution < -0.4 is 19.7 Å². The molecule has 32 heavy (non-hydrogen) atoms. The number of fused-ring (bicyclic) bond motifs is 2. The molecule has 3 heterocycles. The van der Waals surface area contributed by atoms with Crippen LogP contribution in [0.5, 0.6) is 17.4 Å². The molecule has 1 aromatic heterocycles. The number of rotatable bonds is 5. The van der Waals surface area contributed by atoms with Gasteiger partial charge in [0.15, 0.2) is 11.5 Å². The van der Waals surface area contributed by atoms with Crippen molar-refractivity contribution in [1.29, 1.82) is 0 Å². The zero-order chi connectivity index (χ0) is 22.2. The van der Waals surface area contributed by atoms with Crippen molar-refractivity contribution in [1.82, 2.24) is 4.57 Å². The monoisotopic (exact) mass is 449 g/mol. The van der Waals surface area contributed by atoms with Crippen LogP contribution in [0.2, 0.25) is 0 Å². The lowest BCUT2D eigenvalue weighted by Gasteiger charge is -2.07. The van der Waals surface area contributed by atoms with E-state index in [4.69, 9.17) is 9.47 Å². The van der Waals surface area contributed by atoms with Gasteiger partial charge in [0.2, 0.25) is 18.6 Å². The number of anilines is 1. The number of para-hydroxylation sites is 1. The number of hydrogen-bond acceptors (Lipinski definition) is 7. The maximum absolute atomic E-state index is 12.5. The van der Waals surface area contributed by atoms with E-state index in [0.29, 0.717) is 22.1 Å². The normalized spacial score (nSPS) is 14.7. The van der Waals surface area contributed by atoms with Crippen LogP contribution >= 0.6 is 11.3 Å². The lowest BCUT2D eigenvalue weighted by atomic mass is 10.0. The van der Waals surface area contributed by atoms with Gasteiger partial charge in [-0.05, 0) is 30.2 Å². The van der Waals surface area contributed by atoms with E-state index >= 15 is 0 Å². The minimum absolute atomic E-state index is 0.137. The first-order valence-electron chi connectivity index (χ1n) is 10.0. The third-order valence-electron chi connectivity index (χ3n) is 5.28. The van der Waals surface area contributed by atoms with E-state index in [1.54, 1.807) is 30.5 Å². The summed E-state index contributed by atoms with van der Waals surface area (Å²) in [7, 11) is 0. The number of nitrogens with one attached hydrogen (secondary N) is 1. The summed E-state index contributed by atoms with van der Waals surface area (Å²) in [4.78, 5) is 29.4. The maximum Gasteiger partial charge on any atom is 0.311 e. The van der Waals surface area contributed by atoms with Gasteiger partial charge in [-0.1, -0.05) is 36.5 Å². The third-order valence-corrected chi connectivity index (χ3v) is 6.20. The Balaban J connectivity index is 1.36. The van der Waals surface area contributed by atoms with Crippen LogP contribution in [0, 0.1) is 0 Å². The number of benzene rings is 2. The lowest BCUT2D eigenvalue weighted by molar-refractivity contribution is -0.116. The van der Waals surface area contributed by atoms with E-state index in [1.807, 2.05) is 18.2 Å². The molecule has 8 nitrogen and oxygen atoms in total. The summed E-state index contributed by atoms with van der Waals surface area (Å²) in [5.41, 5.74) is 4.32. The minimum atomic E-state index is -0.446. The van der Waals surface area contributed by atoms with Gasteiger partial charge >= 0.3 is 4.87 Å². The fourth-order valence-electron chi connectivity index (χ4n) is 3.69. The number of carbonyl (C=O) groups excluding carboxylic acids is 1. The summed E-state index contributed by atoms with van der Waals surface area (Å²) in [5, 5.41) is 13.3. The average molecular weight is 449 g/mol. The number of hydrogen-bond donors (Lipinski definition) is 2. The van der Waals surface area contributed by atoms with Crippen LogP contribution in [0.25, 0.3) is 11.6 Å². The molecule has 2 aromatic carbocycles. The predicted molar refractivity (Wildman–Crippen MR) is 123 cm³/mol. The highest BCUT2D eigenvalue weighted by Crippen LogP contribution is 2.37. The fourth-order valence-corrected chi connectivity index (χ4v) is 4.52. The second-order valence-corrected chi connectivity index (χ2v) is 8.28. The molecule has 0 fully saturated rings. The van der Waals surface area contributed by atoms with Crippen molar-refractivity contribution >= 4 is 46.5 Å². The largest absolute Gasteiger partial charge is 0.493 e. The lowest BCUT2D eigenvalue weighted by Crippen LogP contribution is -2.24. The van der Waals surface area contributed by atoms with Crippen molar-refractivity contribution < 1.29 is 19.4 Å². The topological polar surface area (TPSA) is 102 Å². The zero-order valence-electron chi connectivity index (χ0n) is 17.1. The van der Waals surface area contributed by atoms with E-state index < -0.39 is 10.8 Å². The molecular formula is C23H19N3O5S. The van der Waals surface area contributed by atoms with Gasteiger partial charge in [0.25, 0.3) is 0 Å². The Morgan fingerprint density at radius 1 is 1.28 bits per heavy atom. The zero-order valence-corrected chi connectivity index (χ0v) is 17.9. The summed E-state index contributed by atoms with van der Waals surface area (Å²) < 4.78 is 11.6. The Kier molecular flexibility index (Phi) is 5.02. The number of ether oxygens (including phenoxy) is 2. The van der Waals surface area contributed by atoms with Crippen molar-refractivity contribution in [2.45, 2.75) is 19.9 Å². The van der Waals surface area contributed by atoms with Gasteiger partial charge < -0.3 is 19.9 Å². The highest BCUT2D eigenvalue weighted by molar-refractivity contribution is 7.10.